The highest BCUT2D eigenvalue weighted by molar-refractivity contribution is 5.90. The number of hydrogen-bond acceptors (Lipinski definition) is 3. The summed E-state index contributed by atoms with van der Waals surface area (Å²) in [5.74, 6) is 0.831. The third-order valence-corrected chi connectivity index (χ3v) is 3.71. The number of ether oxygens (including phenoxy) is 1. The van der Waals surface area contributed by atoms with Crippen LogP contribution in [0.15, 0.2) is 24.3 Å². The van der Waals surface area contributed by atoms with Gasteiger partial charge in [0.05, 0.1) is 7.11 Å². The normalized spacial score (nSPS) is 16.4. The third-order valence-electron chi connectivity index (χ3n) is 3.71. The van der Waals surface area contributed by atoms with Gasteiger partial charge in [-0.05, 0) is 38.1 Å². The van der Waals surface area contributed by atoms with Crippen molar-refractivity contribution in [3.8, 4) is 5.75 Å². The van der Waals surface area contributed by atoms with Gasteiger partial charge in [0.15, 0.2) is 0 Å². The topological polar surface area (TPSA) is 41.6 Å². The highest BCUT2D eigenvalue weighted by Crippen LogP contribution is 2.17. The smallest absolute Gasteiger partial charge is 0.225 e. The van der Waals surface area contributed by atoms with Gasteiger partial charge in [-0.25, -0.2) is 0 Å². The number of rotatable bonds is 5. The highest BCUT2D eigenvalue weighted by atomic mass is 16.5. The Hall–Kier alpha value is -1.55. The molecule has 1 aliphatic rings. The minimum absolute atomic E-state index is 0.0718. The molecular weight excluding hydrogens is 252 g/mol. The van der Waals surface area contributed by atoms with Crippen molar-refractivity contribution >= 4 is 11.6 Å². The maximum atomic E-state index is 12.0. The Morgan fingerprint density at radius 1 is 1.25 bits per heavy atom. The molecule has 0 atom stereocenters. The van der Waals surface area contributed by atoms with E-state index in [4.69, 9.17) is 4.74 Å². The van der Waals surface area contributed by atoms with E-state index < -0.39 is 0 Å². The van der Waals surface area contributed by atoms with Crippen molar-refractivity contribution in [3.63, 3.8) is 0 Å². The number of anilines is 1. The van der Waals surface area contributed by atoms with Crippen molar-refractivity contribution in [1.29, 1.82) is 0 Å². The number of amides is 1. The summed E-state index contributed by atoms with van der Waals surface area (Å²) >= 11 is 0. The molecule has 20 heavy (non-hydrogen) atoms. The van der Waals surface area contributed by atoms with E-state index in [1.54, 1.807) is 7.11 Å². The van der Waals surface area contributed by atoms with Gasteiger partial charge in [0.2, 0.25) is 5.91 Å². The first-order valence-corrected chi connectivity index (χ1v) is 7.44. The molecule has 1 fully saturated rings. The zero-order chi connectivity index (χ0) is 14.2. The van der Waals surface area contributed by atoms with Crippen LogP contribution in [0.3, 0.4) is 0 Å². The lowest BCUT2D eigenvalue weighted by molar-refractivity contribution is -0.116. The SMILES string of the molecule is COc1cccc(NC(=O)CCN2CCCCCC2)c1. The van der Waals surface area contributed by atoms with Crippen LogP contribution in [-0.2, 0) is 4.79 Å². The third kappa shape index (κ3) is 4.85. The average molecular weight is 276 g/mol. The molecule has 0 radical (unpaired) electrons. The van der Waals surface area contributed by atoms with Gasteiger partial charge in [0.1, 0.15) is 5.75 Å². The maximum absolute atomic E-state index is 12.0. The maximum Gasteiger partial charge on any atom is 0.225 e. The number of carbonyl (C=O) groups is 1. The molecule has 1 N–H and O–H groups in total. The number of methoxy groups -OCH3 is 1. The van der Waals surface area contributed by atoms with Gasteiger partial charge in [-0.15, -0.1) is 0 Å². The number of benzene rings is 1. The monoisotopic (exact) mass is 276 g/mol. The van der Waals surface area contributed by atoms with E-state index in [9.17, 15) is 4.79 Å². The first-order valence-electron chi connectivity index (χ1n) is 7.44. The Balaban J connectivity index is 1.76. The van der Waals surface area contributed by atoms with Crippen LogP contribution in [0.4, 0.5) is 5.69 Å². The molecule has 1 heterocycles. The summed E-state index contributed by atoms with van der Waals surface area (Å²) in [6.45, 7) is 3.12. The van der Waals surface area contributed by atoms with Gasteiger partial charge in [0, 0.05) is 24.7 Å². The molecule has 1 aromatic carbocycles. The summed E-state index contributed by atoms with van der Waals surface area (Å²) < 4.78 is 5.15. The van der Waals surface area contributed by atoms with Crippen LogP contribution in [0.2, 0.25) is 0 Å². The van der Waals surface area contributed by atoms with Gasteiger partial charge in [-0.2, -0.15) is 0 Å². The Morgan fingerprint density at radius 3 is 2.70 bits per heavy atom. The molecule has 0 saturated carbocycles. The second kappa shape index (κ2) is 7.90. The van der Waals surface area contributed by atoms with Crippen LogP contribution < -0.4 is 10.1 Å². The fraction of sp³-hybridized carbons (Fsp3) is 0.562. The van der Waals surface area contributed by atoms with E-state index in [2.05, 4.69) is 10.2 Å². The summed E-state index contributed by atoms with van der Waals surface area (Å²) in [5, 5.41) is 2.93. The predicted molar refractivity (Wildman–Crippen MR) is 81.1 cm³/mol. The fourth-order valence-corrected chi connectivity index (χ4v) is 2.54. The van der Waals surface area contributed by atoms with Crippen molar-refractivity contribution in [1.82, 2.24) is 4.90 Å². The number of carbonyl (C=O) groups excluding carboxylic acids is 1. The van der Waals surface area contributed by atoms with Crippen LogP contribution in [0.25, 0.3) is 0 Å². The molecule has 0 spiro atoms. The molecule has 1 saturated heterocycles. The summed E-state index contributed by atoms with van der Waals surface area (Å²) in [5.41, 5.74) is 0.796. The second-order valence-electron chi connectivity index (χ2n) is 5.29. The largest absolute Gasteiger partial charge is 0.497 e. The molecule has 4 heteroatoms. The first-order chi connectivity index (χ1) is 9.78. The molecule has 0 aliphatic carbocycles. The zero-order valence-electron chi connectivity index (χ0n) is 12.2. The van der Waals surface area contributed by atoms with E-state index in [0.29, 0.717) is 6.42 Å². The molecule has 1 aromatic rings. The minimum Gasteiger partial charge on any atom is -0.497 e. The summed E-state index contributed by atoms with van der Waals surface area (Å²) in [7, 11) is 1.63. The Labute approximate surface area is 121 Å². The minimum atomic E-state index is 0.0718. The highest BCUT2D eigenvalue weighted by Gasteiger charge is 2.11. The molecule has 2 rings (SSSR count). The standard InChI is InChI=1S/C16H24N2O2/c1-20-15-8-6-7-14(13-15)17-16(19)9-12-18-10-4-2-3-5-11-18/h6-8,13H,2-5,9-12H2,1H3,(H,17,19). The fourth-order valence-electron chi connectivity index (χ4n) is 2.54. The molecule has 0 bridgehead atoms. The van der Waals surface area contributed by atoms with Gasteiger partial charge in [0.25, 0.3) is 0 Å². The molecule has 0 unspecified atom stereocenters. The molecule has 0 aromatic heterocycles. The molecular formula is C16H24N2O2. The van der Waals surface area contributed by atoms with Crippen molar-refractivity contribution < 1.29 is 9.53 Å². The van der Waals surface area contributed by atoms with Crippen molar-refractivity contribution in [2.75, 3.05) is 32.1 Å². The summed E-state index contributed by atoms with van der Waals surface area (Å²) in [4.78, 5) is 14.4. The van der Waals surface area contributed by atoms with Gasteiger partial charge in [-0.3, -0.25) is 4.79 Å². The molecule has 4 nitrogen and oxygen atoms in total. The Bertz CT molecular complexity index is 426. The Morgan fingerprint density at radius 2 is 2.00 bits per heavy atom. The first kappa shape index (κ1) is 14.9. The van der Waals surface area contributed by atoms with E-state index in [0.717, 1.165) is 31.1 Å². The number of nitrogens with one attached hydrogen (secondary N) is 1. The second-order valence-corrected chi connectivity index (χ2v) is 5.29. The van der Waals surface area contributed by atoms with Crippen molar-refractivity contribution in [3.05, 3.63) is 24.3 Å². The Kier molecular flexibility index (Phi) is 5.87. The van der Waals surface area contributed by atoms with Gasteiger partial charge >= 0.3 is 0 Å². The van der Waals surface area contributed by atoms with Crippen LogP contribution in [-0.4, -0.2) is 37.6 Å². The van der Waals surface area contributed by atoms with Crippen molar-refractivity contribution in [2.24, 2.45) is 0 Å². The van der Waals surface area contributed by atoms with E-state index in [1.165, 1.54) is 25.7 Å². The van der Waals surface area contributed by atoms with E-state index in [-0.39, 0.29) is 5.91 Å². The van der Waals surface area contributed by atoms with Gasteiger partial charge < -0.3 is 15.0 Å². The molecule has 1 amide bonds. The lowest BCUT2D eigenvalue weighted by Gasteiger charge is -2.19. The van der Waals surface area contributed by atoms with Crippen molar-refractivity contribution in [2.45, 2.75) is 32.1 Å². The van der Waals surface area contributed by atoms with E-state index in [1.807, 2.05) is 24.3 Å². The number of hydrogen-bond donors (Lipinski definition) is 1. The van der Waals surface area contributed by atoms with E-state index >= 15 is 0 Å². The predicted octanol–water partition coefficient (Wildman–Crippen LogP) is 2.90. The van der Waals surface area contributed by atoms with Crippen LogP contribution in [0.5, 0.6) is 5.75 Å². The summed E-state index contributed by atoms with van der Waals surface area (Å²) in [6, 6.07) is 7.46. The van der Waals surface area contributed by atoms with Crippen LogP contribution in [0.1, 0.15) is 32.1 Å². The van der Waals surface area contributed by atoms with Gasteiger partial charge in [-0.1, -0.05) is 18.9 Å². The van der Waals surface area contributed by atoms with Crippen LogP contribution in [0, 0.1) is 0 Å². The summed E-state index contributed by atoms with van der Waals surface area (Å²) in [6.07, 6.45) is 5.73. The quantitative estimate of drug-likeness (QED) is 0.899. The number of nitrogens with zero attached hydrogens (tertiary/aromatic N) is 1. The lowest BCUT2D eigenvalue weighted by atomic mass is 10.2. The average Bonchev–Trinajstić information content (AvgIpc) is 2.74. The van der Waals surface area contributed by atoms with Crippen LogP contribution >= 0.6 is 0 Å². The molecule has 1 aliphatic heterocycles. The lowest BCUT2D eigenvalue weighted by Crippen LogP contribution is -2.28. The zero-order valence-corrected chi connectivity index (χ0v) is 12.2. The molecule has 110 valence electrons. The number of likely N-dealkylation sites (tertiary alicyclic amines) is 1.